The molecule has 0 amide bonds. The van der Waals surface area contributed by atoms with Crippen LogP contribution in [0, 0.1) is 0 Å². The molecule has 1 fully saturated rings. The molecule has 1 radical (unpaired) electrons. The van der Waals surface area contributed by atoms with E-state index in [1.54, 1.807) is 12.1 Å². The molecule has 0 saturated heterocycles. The summed E-state index contributed by atoms with van der Waals surface area (Å²) in [4.78, 5) is 11.9. The van der Waals surface area contributed by atoms with Gasteiger partial charge < -0.3 is 4.74 Å². The minimum absolute atomic E-state index is 0.404. The third kappa shape index (κ3) is 2.42. The summed E-state index contributed by atoms with van der Waals surface area (Å²) in [6, 6.07) is 8.99. The van der Waals surface area contributed by atoms with Crippen LogP contribution in [0.4, 0.5) is 0 Å². The Bertz CT molecular complexity index is 355. The van der Waals surface area contributed by atoms with Crippen molar-refractivity contribution in [3.63, 3.8) is 0 Å². The standard InChI is InChI=1S/C13H16NO2/c14-13(9-5-2-6-10-13)12(15)16-11-7-3-1-4-8-11/h1,3-4,7-8,14H,2,5-6,9-10H2. The van der Waals surface area contributed by atoms with E-state index in [1.165, 1.54) is 0 Å². The second kappa shape index (κ2) is 4.66. The second-order valence-electron chi connectivity index (χ2n) is 4.35. The molecule has 85 valence electrons. The Morgan fingerprint density at radius 2 is 1.75 bits per heavy atom. The molecule has 1 saturated carbocycles. The van der Waals surface area contributed by atoms with Gasteiger partial charge in [0.1, 0.15) is 11.3 Å². The van der Waals surface area contributed by atoms with Gasteiger partial charge in [-0.2, -0.15) is 0 Å². The van der Waals surface area contributed by atoms with E-state index in [0.29, 0.717) is 18.6 Å². The van der Waals surface area contributed by atoms with E-state index in [0.717, 1.165) is 19.3 Å². The molecule has 2 rings (SSSR count). The van der Waals surface area contributed by atoms with Gasteiger partial charge in [0.2, 0.25) is 0 Å². The molecule has 1 aliphatic rings. The van der Waals surface area contributed by atoms with Gasteiger partial charge in [0.25, 0.3) is 0 Å². The molecular formula is C13H16NO2. The number of para-hydroxylation sites is 1. The first kappa shape index (κ1) is 11.1. The summed E-state index contributed by atoms with van der Waals surface area (Å²) < 4.78 is 5.23. The van der Waals surface area contributed by atoms with Crippen LogP contribution < -0.4 is 10.5 Å². The fourth-order valence-corrected chi connectivity index (χ4v) is 2.05. The van der Waals surface area contributed by atoms with Crippen LogP contribution in [0.25, 0.3) is 0 Å². The highest BCUT2D eigenvalue weighted by atomic mass is 16.5. The average Bonchev–Trinajstić information content (AvgIpc) is 2.31. The van der Waals surface area contributed by atoms with Crippen molar-refractivity contribution in [1.82, 2.24) is 5.73 Å². The topological polar surface area (TPSA) is 50.1 Å². The molecule has 1 N–H and O–H groups in total. The van der Waals surface area contributed by atoms with Gasteiger partial charge in [-0.15, -0.1) is 0 Å². The summed E-state index contributed by atoms with van der Waals surface area (Å²) in [5.41, 5.74) is 7.08. The number of carbonyl (C=O) groups is 1. The van der Waals surface area contributed by atoms with Gasteiger partial charge in [-0.1, -0.05) is 37.5 Å². The van der Waals surface area contributed by atoms with Crippen LogP contribution in [0.1, 0.15) is 32.1 Å². The van der Waals surface area contributed by atoms with Crippen molar-refractivity contribution in [3.8, 4) is 5.75 Å². The van der Waals surface area contributed by atoms with Crippen molar-refractivity contribution in [2.45, 2.75) is 37.6 Å². The highest BCUT2D eigenvalue weighted by Crippen LogP contribution is 2.29. The van der Waals surface area contributed by atoms with Gasteiger partial charge in [0.05, 0.1) is 0 Å². The molecule has 0 unspecified atom stereocenters. The van der Waals surface area contributed by atoms with Crippen LogP contribution in [0.3, 0.4) is 0 Å². The van der Waals surface area contributed by atoms with Crippen LogP contribution in [0.5, 0.6) is 5.75 Å². The maximum atomic E-state index is 11.9. The molecule has 1 aliphatic carbocycles. The first-order valence-electron chi connectivity index (χ1n) is 5.73. The van der Waals surface area contributed by atoms with Crippen molar-refractivity contribution < 1.29 is 9.53 Å². The highest BCUT2D eigenvalue weighted by Gasteiger charge is 2.38. The lowest BCUT2D eigenvalue weighted by Gasteiger charge is -2.29. The summed E-state index contributed by atoms with van der Waals surface area (Å²) >= 11 is 0. The molecule has 0 atom stereocenters. The number of rotatable bonds is 2. The molecule has 16 heavy (non-hydrogen) atoms. The normalized spacial score (nSPS) is 19.1. The van der Waals surface area contributed by atoms with Crippen LogP contribution in [-0.4, -0.2) is 11.5 Å². The van der Waals surface area contributed by atoms with E-state index in [9.17, 15) is 4.79 Å². The molecule has 0 heterocycles. The smallest absolute Gasteiger partial charge is 0.333 e. The Hall–Kier alpha value is -1.35. The molecule has 3 heteroatoms. The Morgan fingerprint density at radius 3 is 2.38 bits per heavy atom. The van der Waals surface area contributed by atoms with E-state index < -0.39 is 11.5 Å². The molecule has 0 spiro atoms. The third-order valence-electron chi connectivity index (χ3n) is 3.05. The monoisotopic (exact) mass is 218 g/mol. The van der Waals surface area contributed by atoms with Crippen molar-refractivity contribution in [3.05, 3.63) is 30.3 Å². The predicted octanol–water partition coefficient (Wildman–Crippen LogP) is 2.58. The van der Waals surface area contributed by atoms with Gasteiger partial charge in [-0.3, -0.25) is 0 Å². The van der Waals surface area contributed by atoms with E-state index in [1.807, 2.05) is 18.2 Å². The molecular weight excluding hydrogens is 202 g/mol. The van der Waals surface area contributed by atoms with E-state index in [-0.39, 0.29) is 0 Å². The number of hydrogen-bond donors (Lipinski definition) is 0. The molecule has 0 aromatic heterocycles. The summed E-state index contributed by atoms with van der Waals surface area (Å²) in [6.45, 7) is 0. The van der Waals surface area contributed by atoms with Crippen LogP contribution >= 0.6 is 0 Å². The SMILES string of the molecule is [NH]C1(C(=O)Oc2ccccc2)CCCCC1. The summed E-state index contributed by atoms with van der Waals surface area (Å²) in [7, 11) is 0. The van der Waals surface area contributed by atoms with Crippen LogP contribution in [0.15, 0.2) is 30.3 Å². The number of benzene rings is 1. The van der Waals surface area contributed by atoms with Crippen molar-refractivity contribution in [2.75, 3.05) is 0 Å². The Labute approximate surface area is 95.6 Å². The van der Waals surface area contributed by atoms with Crippen LogP contribution in [-0.2, 0) is 4.79 Å². The fraction of sp³-hybridized carbons (Fsp3) is 0.462. The van der Waals surface area contributed by atoms with E-state index >= 15 is 0 Å². The Morgan fingerprint density at radius 1 is 1.12 bits per heavy atom. The average molecular weight is 218 g/mol. The van der Waals surface area contributed by atoms with E-state index in [2.05, 4.69) is 0 Å². The number of carbonyl (C=O) groups excluding carboxylic acids is 1. The molecule has 0 aliphatic heterocycles. The summed E-state index contributed by atoms with van der Waals surface area (Å²) in [6.07, 6.45) is 4.28. The largest absolute Gasteiger partial charge is 0.425 e. The maximum Gasteiger partial charge on any atom is 0.333 e. The van der Waals surface area contributed by atoms with Gasteiger partial charge in [-0.05, 0) is 25.0 Å². The number of ether oxygens (including phenoxy) is 1. The van der Waals surface area contributed by atoms with Gasteiger partial charge in [0, 0.05) is 0 Å². The summed E-state index contributed by atoms with van der Waals surface area (Å²) in [5.74, 6) is 0.128. The lowest BCUT2D eigenvalue weighted by molar-refractivity contribution is -0.142. The van der Waals surface area contributed by atoms with Gasteiger partial charge in [-0.25, -0.2) is 10.5 Å². The van der Waals surface area contributed by atoms with E-state index in [4.69, 9.17) is 10.5 Å². The maximum absolute atomic E-state index is 11.9. The molecule has 1 aromatic carbocycles. The van der Waals surface area contributed by atoms with Crippen LogP contribution in [0.2, 0.25) is 0 Å². The number of nitrogens with one attached hydrogen (secondary N) is 1. The minimum atomic E-state index is -1.02. The third-order valence-corrected chi connectivity index (χ3v) is 3.05. The lowest BCUT2D eigenvalue weighted by atomic mass is 9.83. The van der Waals surface area contributed by atoms with Gasteiger partial charge >= 0.3 is 5.97 Å². The zero-order chi connectivity index (χ0) is 11.4. The lowest BCUT2D eigenvalue weighted by Crippen LogP contribution is -2.44. The fourth-order valence-electron chi connectivity index (χ4n) is 2.05. The number of hydrogen-bond acceptors (Lipinski definition) is 2. The minimum Gasteiger partial charge on any atom is -0.425 e. The first-order chi connectivity index (χ1) is 7.71. The second-order valence-corrected chi connectivity index (χ2v) is 4.35. The van der Waals surface area contributed by atoms with Crippen molar-refractivity contribution in [2.24, 2.45) is 0 Å². The molecule has 0 bridgehead atoms. The zero-order valence-electron chi connectivity index (χ0n) is 9.24. The predicted molar refractivity (Wildman–Crippen MR) is 61.0 cm³/mol. The Balaban J connectivity index is 2.02. The quantitative estimate of drug-likeness (QED) is 0.566. The zero-order valence-corrected chi connectivity index (χ0v) is 9.24. The van der Waals surface area contributed by atoms with Gasteiger partial charge in [0.15, 0.2) is 0 Å². The highest BCUT2D eigenvalue weighted by molar-refractivity contribution is 5.82. The van der Waals surface area contributed by atoms with Crippen molar-refractivity contribution >= 4 is 5.97 Å². The molecule has 1 aromatic rings. The number of esters is 1. The summed E-state index contributed by atoms with van der Waals surface area (Å²) in [5, 5.41) is 0. The first-order valence-corrected chi connectivity index (χ1v) is 5.73. The Kier molecular flexibility index (Phi) is 3.25. The molecule has 3 nitrogen and oxygen atoms in total. The van der Waals surface area contributed by atoms with Crippen molar-refractivity contribution in [1.29, 1.82) is 0 Å².